The summed E-state index contributed by atoms with van der Waals surface area (Å²) in [5.74, 6) is 0.893. The number of carbonyl (C=O) groups excluding carboxylic acids is 1. The van der Waals surface area contributed by atoms with Gasteiger partial charge in [0, 0.05) is 37.5 Å². The van der Waals surface area contributed by atoms with Crippen molar-refractivity contribution in [1.82, 2.24) is 14.9 Å². The van der Waals surface area contributed by atoms with Gasteiger partial charge in [0.1, 0.15) is 0 Å². The minimum atomic E-state index is -0.0429. The molecule has 0 aliphatic rings. The lowest BCUT2D eigenvalue weighted by molar-refractivity contribution is -0.121. The maximum absolute atomic E-state index is 11.6. The van der Waals surface area contributed by atoms with Crippen molar-refractivity contribution >= 4 is 17.7 Å². The molecule has 1 aromatic heterocycles. The maximum Gasteiger partial charge on any atom is 0.254 e. The maximum atomic E-state index is 11.6. The Morgan fingerprint density at radius 3 is 2.86 bits per heavy atom. The van der Waals surface area contributed by atoms with Crippen molar-refractivity contribution in [1.29, 1.82) is 0 Å². The molecule has 5 nitrogen and oxygen atoms in total. The van der Waals surface area contributed by atoms with Crippen LogP contribution in [0.1, 0.15) is 44.7 Å². The largest absolute Gasteiger partial charge is 0.356 e. The van der Waals surface area contributed by atoms with Crippen LogP contribution in [0.3, 0.4) is 0 Å². The quantitative estimate of drug-likeness (QED) is 0.432. The highest BCUT2D eigenvalue weighted by molar-refractivity contribution is 7.99. The average molecular weight is 311 g/mol. The summed E-state index contributed by atoms with van der Waals surface area (Å²) in [6.07, 6.45) is 4.68. The van der Waals surface area contributed by atoms with Gasteiger partial charge < -0.3 is 5.32 Å². The fraction of sp³-hybridized carbons (Fsp3) is 0.667. The molecule has 1 rings (SSSR count). The summed E-state index contributed by atoms with van der Waals surface area (Å²) in [4.78, 5) is 27.6. The van der Waals surface area contributed by atoms with Crippen LogP contribution < -0.4 is 10.9 Å². The van der Waals surface area contributed by atoms with Gasteiger partial charge in [-0.1, -0.05) is 31.5 Å². The van der Waals surface area contributed by atoms with Crippen LogP contribution >= 0.6 is 11.8 Å². The molecule has 6 heteroatoms. The molecule has 0 radical (unpaired) electrons. The number of amides is 1. The minimum Gasteiger partial charge on any atom is -0.356 e. The van der Waals surface area contributed by atoms with E-state index in [1.54, 1.807) is 11.6 Å². The van der Waals surface area contributed by atoms with E-state index in [2.05, 4.69) is 17.2 Å². The van der Waals surface area contributed by atoms with E-state index < -0.39 is 0 Å². The lowest BCUT2D eigenvalue weighted by Crippen LogP contribution is -2.24. The number of thioether (sulfide) groups is 1. The fourth-order valence-electron chi connectivity index (χ4n) is 1.84. The number of hydrogen-bond acceptors (Lipinski definition) is 4. The standard InChI is InChI=1S/C15H25N3O2S/c1-4-5-6-9-16-13(19)8-7-10-21-15-17-12(2)11-14(20)18(15)3/h11H,4-10H2,1-3H3,(H,16,19). The molecule has 0 saturated heterocycles. The molecule has 21 heavy (non-hydrogen) atoms. The zero-order valence-corrected chi connectivity index (χ0v) is 14.0. The van der Waals surface area contributed by atoms with Crippen molar-refractivity contribution < 1.29 is 4.79 Å². The predicted molar refractivity (Wildman–Crippen MR) is 86.7 cm³/mol. The first kappa shape index (κ1) is 17.8. The van der Waals surface area contributed by atoms with Gasteiger partial charge in [0.15, 0.2) is 5.16 Å². The molecule has 118 valence electrons. The molecule has 0 bridgehead atoms. The number of aryl methyl sites for hydroxylation is 1. The first-order valence-electron chi connectivity index (χ1n) is 7.48. The van der Waals surface area contributed by atoms with Crippen LogP contribution in [-0.2, 0) is 11.8 Å². The van der Waals surface area contributed by atoms with E-state index in [1.807, 2.05) is 6.92 Å². The molecule has 0 aromatic carbocycles. The van der Waals surface area contributed by atoms with Crippen molar-refractivity contribution in [2.24, 2.45) is 7.05 Å². The minimum absolute atomic E-state index is 0.0429. The van der Waals surface area contributed by atoms with Crippen LogP contribution in [-0.4, -0.2) is 27.8 Å². The Bertz CT molecular complexity index is 514. The van der Waals surface area contributed by atoms with Crippen molar-refractivity contribution in [2.45, 2.75) is 51.1 Å². The molecule has 0 aliphatic carbocycles. The smallest absolute Gasteiger partial charge is 0.254 e. The van der Waals surface area contributed by atoms with E-state index >= 15 is 0 Å². The lowest BCUT2D eigenvalue weighted by atomic mass is 10.2. The molecule has 0 atom stereocenters. The molecule has 0 aliphatic heterocycles. The average Bonchev–Trinajstić information content (AvgIpc) is 2.44. The Morgan fingerprint density at radius 1 is 1.38 bits per heavy atom. The first-order valence-corrected chi connectivity index (χ1v) is 8.47. The van der Waals surface area contributed by atoms with Gasteiger partial charge in [-0.05, 0) is 19.8 Å². The fourth-order valence-corrected chi connectivity index (χ4v) is 2.81. The number of unbranched alkanes of at least 4 members (excludes halogenated alkanes) is 2. The van der Waals surface area contributed by atoms with Crippen LogP contribution in [0.5, 0.6) is 0 Å². The van der Waals surface area contributed by atoms with Gasteiger partial charge in [-0.3, -0.25) is 14.2 Å². The summed E-state index contributed by atoms with van der Waals surface area (Å²) in [7, 11) is 1.72. The summed E-state index contributed by atoms with van der Waals surface area (Å²) in [6, 6.07) is 1.52. The second-order valence-corrected chi connectivity index (χ2v) is 6.15. The SMILES string of the molecule is CCCCCNC(=O)CCCSc1nc(C)cc(=O)n1C. The van der Waals surface area contributed by atoms with Gasteiger partial charge in [0.2, 0.25) is 5.91 Å². The van der Waals surface area contributed by atoms with E-state index in [1.165, 1.54) is 17.8 Å². The molecule has 1 aromatic rings. The number of rotatable bonds is 9. The van der Waals surface area contributed by atoms with Crippen LogP contribution in [0.2, 0.25) is 0 Å². The third kappa shape index (κ3) is 6.80. The van der Waals surface area contributed by atoms with Crippen LogP contribution in [0.4, 0.5) is 0 Å². The molecule has 1 amide bonds. The van der Waals surface area contributed by atoms with Gasteiger partial charge in [0.25, 0.3) is 5.56 Å². The monoisotopic (exact) mass is 311 g/mol. The molecule has 1 N–H and O–H groups in total. The number of aromatic nitrogens is 2. The molecule has 0 fully saturated rings. The second-order valence-electron chi connectivity index (χ2n) is 5.09. The second kappa shape index (κ2) is 9.60. The third-order valence-corrected chi connectivity index (χ3v) is 4.22. The predicted octanol–water partition coefficient (Wildman–Crippen LogP) is 2.27. The molecule has 0 unspecified atom stereocenters. The topological polar surface area (TPSA) is 64.0 Å². The number of nitrogens with zero attached hydrogens (tertiary/aromatic N) is 2. The van der Waals surface area contributed by atoms with Gasteiger partial charge in [-0.15, -0.1) is 0 Å². The Balaban J connectivity index is 2.25. The van der Waals surface area contributed by atoms with E-state index in [0.29, 0.717) is 11.6 Å². The van der Waals surface area contributed by atoms with Crippen LogP contribution in [0.15, 0.2) is 16.0 Å². The van der Waals surface area contributed by atoms with E-state index in [0.717, 1.165) is 43.7 Å². The van der Waals surface area contributed by atoms with Gasteiger partial charge in [-0.25, -0.2) is 4.98 Å². The van der Waals surface area contributed by atoms with Crippen molar-refractivity contribution in [3.63, 3.8) is 0 Å². The van der Waals surface area contributed by atoms with Crippen molar-refractivity contribution in [3.05, 3.63) is 22.1 Å². The zero-order chi connectivity index (χ0) is 15.7. The highest BCUT2D eigenvalue weighted by Gasteiger charge is 2.05. The van der Waals surface area contributed by atoms with E-state index in [9.17, 15) is 9.59 Å². The normalized spacial score (nSPS) is 10.6. The Kier molecular flexibility index (Phi) is 8.12. The number of hydrogen-bond donors (Lipinski definition) is 1. The summed E-state index contributed by atoms with van der Waals surface area (Å²) in [6.45, 7) is 4.73. The van der Waals surface area contributed by atoms with Crippen molar-refractivity contribution in [2.75, 3.05) is 12.3 Å². The van der Waals surface area contributed by atoms with Gasteiger partial charge in [0.05, 0.1) is 0 Å². The van der Waals surface area contributed by atoms with Crippen LogP contribution in [0, 0.1) is 6.92 Å². The number of nitrogens with one attached hydrogen (secondary N) is 1. The third-order valence-electron chi connectivity index (χ3n) is 3.10. The molecule has 1 heterocycles. The Labute approximate surface area is 130 Å². The van der Waals surface area contributed by atoms with Crippen LogP contribution in [0.25, 0.3) is 0 Å². The van der Waals surface area contributed by atoms with E-state index in [-0.39, 0.29) is 11.5 Å². The lowest BCUT2D eigenvalue weighted by Gasteiger charge is -2.07. The summed E-state index contributed by atoms with van der Waals surface area (Å²) < 4.78 is 1.54. The first-order chi connectivity index (χ1) is 10.0. The molecular weight excluding hydrogens is 286 g/mol. The Hall–Kier alpha value is -1.30. The number of carbonyl (C=O) groups is 1. The Morgan fingerprint density at radius 2 is 2.14 bits per heavy atom. The molecular formula is C15H25N3O2S. The summed E-state index contributed by atoms with van der Waals surface area (Å²) in [5, 5.41) is 3.64. The highest BCUT2D eigenvalue weighted by Crippen LogP contribution is 2.15. The van der Waals surface area contributed by atoms with Gasteiger partial charge >= 0.3 is 0 Å². The highest BCUT2D eigenvalue weighted by atomic mass is 32.2. The van der Waals surface area contributed by atoms with Crippen molar-refractivity contribution in [3.8, 4) is 0 Å². The van der Waals surface area contributed by atoms with E-state index in [4.69, 9.17) is 0 Å². The summed E-state index contributed by atoms with van der Waals surface area (Å²) in [5.41, 5.74) is 0.688. The summed E-state index contributed by atoms with van der Waals surface area (Å²) >= 11 is 1.52. The zero-order valence-electron chi connectivity index (χ0n) is 13.1. The van der Waals surface area contributed by atoms with Gasteiger partial charge in [-0.2, -0.15) is 0 Å². The molecule has 0 spiro atoms. The molecule has 0 saturated carbocycles.